The summed E-state index contributed by atoms with van der Waals surface area (Å²) < 4.78 is 18.4. The number of nitrogens with one attached hydrogen (secondary N) is 1. The molecule has 0 aliphatic heterocycles. The number of benzene rings is 2. The largest absolute Gasteiger partial charge is 0.481 e. The van der Waals surface area contributed by atoms with Crippen LogP contribution in [0.15, 0.2) is 48.5 Å². The fourth-order valence-electron chi connectivity index (χ4n) is 1.71. The molecule has 22 heavy (non-hydrogen) atoms. The summed E-state index contributed by atoms with van der Waals surface area (Å²) in [6.45, 7) is 1.52. The summed E-state index contributed by atoms with van der Waals surface area (Å²) in [5.74, 6) is -0.662. The molecule has 2 aromatic carbocycles. The Balaban J connectivity index is 1.97. The third-order valence-corrected chi connectivity index (χ3v) is 2.82. The number of hydrogen-bond donors (Lipinski definition) is 1. The Morgan fingerprint density at radius 2 is 1.95 bits per heavy atom. The van der Waals surface area contributed by atoms with Crippen molar-refractivity contribution in [3.8, 4) is 5.75 Å². The van der Waals surface area contributed by atoms with E-state index in [0.29, 0.717) is 5.69 Å². The number of amides is 1. The number of carbonyl (C=O) groups excluding carboxylic acids is 1. The molecule has 1 unspecified atom stereocenters. The molecule has 0 radical (unpaired) electrons. The summed E-state index contributed by atoms with van der Waals surface area (Å²) in [7, 11) is 0. The molecule has 1 amide bonds. The van der Waals surface area contributed by atoms with Crippen LogP contribution in [-0.2, 0) is 4.79 Å². The number of non-ortho nitro benzene ring substituents is 1. The number of ether oxygens (including phenoxy) is 1. The van der Waals surface area contributed by atoms with Gasteiger partial charge in [-0.2, -0.15) is 0 Å². The Morgan fingerprint density at radius 1 is 1.27 bits per heavy atom. The Morgan fingerprint density at radius 3 is 2.55 bits per heavy atom. The predicted molar refractivity (Wildman–Crippen MR) is 78.2 cm³/mol. The minimum atomic E-state index is -0.850. The van der Waals surface area contributed by atoms with Crippen molar-refractivity contribution in [3.05, 3.63) is 64.5 Å². The third-order valence-electron chi connectivity index (χ3n) is 2.82. The van der Waals surface area contributed by atoms with E-state index in [1.165, 1.54) is 49.4 Å². The fourth-order valence-corrected chi connectivity index (χ4v) is 1.71. The lowest BCUT2D eigenvalue weighted by Gasteiger charge is -2.14. The van der Waals surface area contributed by atoms with Crippen LogP contribution in [0.2, 0.25) is 0 Å². The highest BCUT2D eigenvalue weighted by atomic mass is 19.1. The molecular weight excluding hydrogens is 291 g/mol. The zero-order valence-corrected chi connectivity index (χ0v) is 11.7. The summed E-state index contributed by atoms with van der Waals surface area (Å²) in [4.78, 5) is 22.0. The van der Waals surface area contributed by atoms with Gasteiger partial charge in [0.25, 0.3) is 11.6 Å². The van der Waals surface area contributed by atoms with Crippen molar-refractivity contribution in [1.29, 1.82) is 0 Å². The van der Waals surface area contributed by atoms with Crippen LogP contribution in [0.4, 0.5) is 15.8 Å². The summed E-state index contributed by atoms with van der Waals surface area (Å²) >= 11 is 0. The molecule has 2 rings (SSSR count). The average molecular weight is 304 g/mol. The lowest BCUT2D eigenvalue weighted by molar-refractivity contribution is -0.384. The summed E-state index contributed by atoms with van der Waals surface area (Å²) in [5.41, 5.74) is 0.340. The van der Waals surface area contributed by atoms with Gasteiger partial charge in [0, 0.05) is 23.9 Å². The van der Waals surface area contributed by atoms with Gasteiger partial charge >= 0.3 is 0 Å². The van der Waals surface area contributed by atoms with Crippen molar-refractivity contribution in [2.45, 2.75) is 13.0 Å². The maximum absolute atomic E-state index is 13.0. The Bertz CT molecular complexity index is 688. The standard InChI is InChI=1S/C15H13FN2O4/c1-10(22-14-4-2-3-11(16)9-14)15(19)17-12-5-7-13(8-6-12)18(20)21/h2-10H,1H3,(H,17,19). The lowest BCUT2D eigenvalue weighted by atomic mass is 10.2. The fraction of sp³-hybridized carbons (Fsp3) is 0.133. The van der Waals surface area contributed by atoms with E-state index < -0.39 is 22.8 Å². The molecular formula is C15H13FN2O4. The van der Waals surface area contributed by atoms with Crippen LogP contribution in [0.5, 0.6) is 5.75 Å². The molecule has 2 aromatic rings. The van der Waals surface area contributed by atoms with Crippen LogP contribution < -0.4 is 10.1 Å². The van der Waals surface area contributed by atoms with Crippen LogP contribution >= 0.6 is 0 Å². The van der Waals surface area contributed by atoms with Crippen molar-refractivity contribution in [3.63, 3.8) is 0 Å². The lowest BCUT2D eigenvalue weighted by Crippen LogP contribution is -2.30. The zero-order chi connectivity index (χ0) is 16.1. The highest BCUT2D eigenvalue weighted by Crippen LogP contribution is 2.17. The van der Waals surface area contributed by atoms with E-state index in [1.807, 2.05) is 0 Å². The van der Waals surface area contributed by atoms with Crippen LogP contribution in [-0.4, -0.2) is 16.9 Å². The highest BCUT2D eigenvalue weighted by molar-refractivity contribution is 5.94. The highest BCUT2D eigenvalue weighted by Gasteiger charge is 2.15. The summed E-state index contributed by atoms with van der Waals surface area (Å²) in [6, 6.07) is 10.9. The molecule has 0 saturated carbocycles. The van der Waals surface area contributed by atoms with E-state index in [1.54, 1.807) is 6.07 Å². The molecule has 0 heterocycles. The van der Waals surface area contributed by atoms with Gasteiger partial charge in [0.1, 0.15) is 11.6 Å². The number of hydrogen-bond acceptors (Lipinski definition) is 4. The van der Waals surface area contributed by atoms with Crippen molar-refractivity contribution < 1.29 is 18.8 Å². The van der Waals surface area contributed by atoms with Gasteiger partial charge in [0.05, 0.1) is 4.92 Å². The van der Waals surface area contributed by atoms with Crippen molar-refractivity contribution >= 4 is 17.3 Å². The normalized spacial score (nSPS) is 11.5. The number of carbonyl (C=O) groups is 1. The average Bonchev–Trinajstić information content (AvgIpc) is 2.47. The number of anilines is 1. The first kappa shape index (κ1) is 15.4. The van der Waals surface area contributed by atoms with Gasteiger partial charge in [-0.05, 0) is 31.2 Å². The van der Waals surface area contributed by atoms with E-state index in [2.05, 4.69) is 5.32 Å². The van der Waals surface area contributed by atoms with E-state index >= 15 is 0 Å². The predicted octanol–water partition coefficient (Wildman–Crippen LogP) is 3.14. The second-order valence-corrected chi connectivity index (χ2v) is 4.51. The second kappa shape index (κ2) is 6.66. The first-order valence-electron chi connectivity index (χ1n) is 6.43. The summed E-state index contributed by atoms with van der Waals surface area (Å²) in [5, 5.41) is 13.1. The molecule has 0 bridgehead atoms. The smallest absolute Gasteiger partial charge is 0.269 e. The molecule has 7 heteroatoms. The number of nitro groups is 1. The van der Waals surface area contributed by atoms with Gasteiger partial charge in [-0.1, -0.05) is 6.07 Å². The van der Waals surface area contributed by atoms with E-state index in [-0.39, 0.29) is 11.4 Å². The van der Waals surface area contributed by atoms with Gasteiger partial charge in [0.15, 0.2) is 6.10 Å². The van der Waals surface area contributed by atoms with Crippen molar-refractivity contribution in [2.75, 3.05) is 5.32 Å². The second-order valence-electron chi connectivity index (χ2n) is 4.51. The van der Waals surface area contributed by atoms with Crippen LogP contribution in [0, 0.1) is 15.9 Å². The monoisotopic (exact) mass is 304 g/mol. The molecule has 1 N–H and O–H groups in total. The van der Waals surface area contributed by atoms with Crippen molar-refractivity contribution in [2.24, 2.45) is 0 Å². The molecule has 0 aliphatic rings. The molecule has 0 spiro atoms. The third kappa shape index (κ3) is 4.02. The first-order valence-corrected chi connectivity index (χ1v) is 6.43. The van der Waals surface area contributed by atoms with Crippen LogP contribution in [0.25, 0.3) is 0 Å². The van der Waals surface area contributed by atoms with Gasteiger partial charge in [-0.15, -0.1) is 0 Å². The maximum atomic E-state index is 13.0. The van der Waals surface area contributed by atoms with E-state index in [0.717, 1.165) is 0 Å². The number of rotatable bonds is 5. The first-order chi connectivity index (χ1) is 10.5. The zero-order valence-electron chi connectivity index (χ0n) is 11.7. The Kier molecular flexibility index (Phi) is 4.67. The molecule has 0 saturated heterocycles. The SMILES string of the molecule is CC(Oc1cccc(F)c1)C(=O)Nc1ccc([N+](=O)[O-])cc1. The molecule has 0 aromatic heterocycles. The molecule has 114 valence electrons. The quantitative estimate of drug-likeness (QED) is 0.679. The van der Waals surface area contributed by atoms with E-state index in [9.17, 15) is 19.3 Å². The van der Waals surface area contributed by atoms with E-state index in [4.69, 9.17) is 4.74 Å². The number of nitrogens with zero attached hydrogens (tertiary/aromatic N) is 1. The van der Waals surface area contributed by atoms with Gasteiger partial charge in [0.2, 0.25) is 0 Å². The van der Waals surface area contributed by atoms with Crippen LogP contribution in [0.1, 0.15) is 6.92 Å². The minimum Gasteiger partial charge on any atom is -0.481 e. The van der Waals surface area contributed by atoms with Crippen LogP contribution in [0.3, 0.4) is 0 Å². The van der Waals surface area contributed by atoms with Gasteiger partial charge in [-0.3, -0.25) is 14.9 Å². The molecule has 6 nitrogen and oxygen atoms in total. The minimum absolute atomic E-state index is 0.0675. The van der Waals surface area contributed by atoms with Crippen molar-refractivity contribution in [1.82, 2.24) is 0 Å². The molecule has 0 fully saturated rings. The Hall–Kier alpha value is -2.96. The molecule has 0 aliphatic carbocycles. The summed E-state index contributed by atoms with van der Waals surface area (Å²) in [6.07, 6.45) is -0.850. The number of nitro benzene ring substituents is 1. The van der Waals surface area contributed by atoms with Gasteiger partial charge < -0.3 is 10.1 Å². The molecule has 1 atom stereocenters. The topological polar surface area (TPSA) is 81.5 Å². The maximum Gasteiger partial charge on any atom is 0.269 e. The van der Waals surface area contributed by atoms with Gasteiger partial charge in [-0.25, -0.2) is 4.39 Å². The Labute approximate surface area is 125 Å². The number of halogens is 1.